The third-order valence-electron chi connectivity index (χ3n) is 8.71. The number of ether oxygens (including phenoxy) is 3. The minimum absolute atomic E-state index is 0.0353. The number of fused-ring (bicyclic) bond motifs is 1. The second kappa shape index (κ2) is 12.0. The lowest BCUT2D eigenvalue weighted by Gasteiger charge is -2.58. The van der Waals surface area contributed by atoms with Crippen molar-refractivity contribution in [1.82, 2.24) is 24.8 Å². The van der Waals surface area contributed by atoms with Gasteiger partial charge in [-0.2, -0.15) is 0 Å². The van der Waals surface area contributed by atoms with Gasteiger partial charge in [-0.05, 0) is 57.9 Å². The van der Waals surface area contributed by atoms with Crippen LogP contribution in [0.5, 0.6) is 17.2 Å². The summed E-state index contributed by atoms with van der Waals surface area (Å²) in [5, 5.41) is 0. The summed E-state index contributed by atoms with van der Waals surface area (Å²) in [5.74, 6) is 1.54. The highest BCUT2D eigenvalue weighted by Crippen LogP contribution is 2.52. The van der Waals surface area contributed by atoms with Crippen LogP contribution in [0.2, 0.25) is 0 Å². The Morgan fingerprint density at radius 2 is 1.95 bits per heavy atom. The van der Waals surface area contributed by atoms with Crippen LogP contribution >= 0.6 is 0 Å². The van der Waals surface area contributed by atoms with E-state index in [4.69, 9.17) is 14.2 Å². The highest BCUT2D eigenvalue weighted by atomic mass is 19.1. The van der Waals surface area contributed by atoms with Crippen LogP contribution in [-0.4, -0.2) is 82.7 Å². The van der Waals surface area contributed by atoms with Crippen molar-refractivity contribution in [2.75, 3.05) is 44.8 Å². The summed E-state index contributed by atoms with van der Waals surface area (Å²) < 4.78 is 32.2. The van der Waals surface area contributed by atoms with E-state index >= 15 is 0 Å². The summed E-state index contributed by atoms with van der Waals surface area (Å²) in [4.78, 5) is 32.7. The minimum Gasteiger partial charge on any atom is -0.490 e. The molecule has 0 atom stereocenters. The maximum atomic E-state index is 14.2. The largest absolute Gasteiger partial charge is 0.490 e. The molecular weight excluding hydrogens is 551 g/mol. The third kappa shape index (κ3) is 5.88. The van der Waals surface area contributed by atoms with Crippen LogP contribution in [0.25, 0.3) is 0 Å². The maximum Gasteiger partial charge on any atom is 0.257 e. The molecule has 1 aliphatic carbocycles. The molecule has 2 fully saturated rings. The Labute approximate surface area is 251 Å². The second-order valence-corrected chi connectivity index (χ2v) is 12.1. The average Bonchev–Trinajstić information content (AvgIpc) is 3.38. The number of carbonyl (C=O) groups excluding carboxylic acids is 1. The Morgan fingerprint density at radius 3 is 2.70 bits per heavy atom. The van der Waals surface area contributed by atoms with Gasteiger partial charge in [0.2, 0.25) is 0 Å². The molecule has 1 spiro atoms. The fourth-order valence-electron chi connectivity index (χ4n) is 6.54. The summed E-state index contributed by atoms with van der Waals surface area (Å²) >= 11 is 0. The van der Waals surface area contributed by atoms with Gasteiger partial charge >= 0.3 is 0 Å². The van der Waals surface area contributed by atoms with Crippen LogP contribution in [-0.2, 0) is 17.8 Å². The predicted molar refractivity (Wildman–Crippen MR) is 159 cm³/mol. The summed E-state index contributed by atoms with van der Waals surface area (Å²) in [6.07, 6.45) is 7.03. The molecule has 10 nitrogen and oxygen atoms in total. The number of benzene rings is 1. The molecule has 11 heteroatoms. The second-order valence-electron chi connectivity index (χ2n) is 12.1. The fourth-order valence-corrected chi connectivity index (χ4v) is 6.54. The Balaban J connectivity index is 1.09. The smallest absolute Gasteiger partial charge is 0.257 e. The molecule has 3 aromatic rings. The lowest BCUT2D eigenvalue weighted by atomic mass is 9.61. The highest BCUT2D eigenvalue weighted by molar-refractivity contribution is 5.97. The van der Waals surface area contributed by atoms with Crippen molar-refractivity contribution in [2.45, 2.75) is 58.8 Å². The molecule has 1 saturated heterocycles. The van der Waals surface area contributed by atoms with E-state index in [2.05, 4.69) is 24.8 Å². The summed E-state index contributed by atoms with van der Waals surface area (Å²) in [6, 6.07) is 5.97. The SMILES string of the molecule is CCN(C(=O)c1cc(F)ccc1Oc1cncnc1N1CC2(CC(Oc3ccnc4c3CN(CCOC)C4)C2)C1)C(C)C. The molecule has 1 saturated carbocycles. The van der Waals surface area contributed by atoms with E-state index in [1.54, 1.807) is 18.2 Å². The van der Waals surface area contributed by atoms with Gasteiger partial charge in [0.05, 0.1) is 24.1 Å². The van der Waals surface area contributed by atoms with Gasteiger partial charge in [-0.25, -0.2) is 14.4 Å². The summed E-state index contributed by atoms with van der Waals surface area (Å²) in [7, 11) is 1.72. The van der Waals surface area contributed by atoms with E-state index in [1.165, 1.54) is 30.1 Å². The van der Waals surface area contributed by atoms with Crippen molar-refractivity contribution in [3.05, 3.63) is 65.6 Å². The first-order valence-electron chi connectivity index (χ1n) is 15.0. The molecule has 4 heterocycles. The molecule has 1 aromatic carbocycles. The van der Waals surface area contributed by atoms with Gasteiger partial charge in [0.25, 0.3) is 5.91 Å². The van der Waals surface area contributed by atoms with Gasteiger partial charge < -0.3 is 24.0 Å². The zero-order valence-corrected chi connectivity index (χ0v) is 25.3. The number of pyridine rings is 1. The Kier molecular flexibility index (Phi) is 8.19. The van der Waals surface area contributed by atoms with Crippen LogP contribution in [0.4, 0.5) is 10.2 Å². The summed E-state index contributed by atoms with van der Waals surface area (Å²) in [6.45, 7) is 11.1. The van der Waals surface area contributed by atoms with Crippen LogP contribution in [0.1, 0.15) is 55.2 Å². The average molecular weight is 591 g/mol. The van der Waals surface area contributed by atoms with Gasteiger partial charge in [0.15, 0.2) is 11.6 Å². The first-order valence-corrected chi connectivity index (χ1v) is 15.0. The van der Waals surface area contributed by atoms with Crippen molar-refractivity contribution < 1.29 is 23.4 Å². The van der Waals surface area contributed by atoms with Crippen LogP contribution in [0.15, 0.2) is 43.0 Å². The first kappa shape index (κ1) is 29.3. The molecule has 0 N–H and O–H groups in total. The van der Waals surface area contributed by atoms with Crippen LogP contribution in [0.3, 0.4) is 0 Å². The molecule has 0 bridgehead atoms. The molecule has 0 unspecified atom stereocenters. The third-order valence-corrected chi connectivity index (χ3v) is 8.71. The van der Waals surface area contributed by atoms with Gasteiger partial charge in [-0.15, -0.1) is 0 Å². The Bertz CT molecular complexity index is 1470. The van der Waals surface area contributed by atoms with E-state index < -0.39 is 5.82 Å². The number of nitrogens with zero attached hydrogens (tertiary/aromatic N) is 6. The van der Waals surface area contributed by atoms with Crippen molar-refractivity contribution in [2.24, 2.45) is 5.41 Å². The van der Waals surface area contributed by atoms with E-state index in [0.717, 1.165) is 57.0 Å². The maximum absolute atomic E-state index is 14.2. The number of carbonyl (C=O) groups is 1. The monoisotopic (exact) mass is 590 g/mol. The van der Waals surface area contributed by atoms with E-state index in [-0.39, 0.29) is 34.8 Å². The number of hydrogen-bond donors (Lipinski definition) is 0. The number of methoxy groups -OCH3 is 1. The predicted octanol–water partition coefficient (Wildman–Crippen LogP) is 4.68. The normalized spacial score (nSPS) is 17.5. The number of anilines is 1. The zero-order valence-electron chi connectivity index (χ0n) is 25.3. The molecule has 3 aliphatic rings. The molecule has 2 aromatic heterocycles. The van der Waals surface area contributed by atoms with Crippen molar-refractivity contribution in [1.29, 1.82) is 0 Å². The molecule has 1 amide bonds. The van der Waals surface area contributed by atoms with Crippen molar-refractivity contribution in [3.63, 3.8) is 0 Å². The number of aromatic nitrogens is 3. The number of hydrogen-bond acceptors (Lipinski definition) is 9. The topological polar surface area (TPSA) is 93.2 Å². The van der Waals surface area contributed by atoms with E-state index in [1.807, 2.05) is 33.0 Å². The van der Waals surface area contributed by atoms with Crippen LogP contribution < -0.4 is 14.4 Å². The van der Waals surface area contributed by atoms with E-state index in [0.29, 0.717) is 24.7 Å². The molecule has 2 aliphatic heterocycles. The quantitative estimate of drug-likeness (QED) is 0.316. The highest BCUT2D eigenvalue weighted by Gasteiger charge is 2.54. The number of rotatable bonds is 11. The standard InChI is InChI=1S/C32H39FN6O4/c1-5-39(21(2)3)31(40)24-12-22(33)6-7-27(24)43-29-15-34-20-36-30(29)38-18-32(19-38)13-23(14-32)42-28-8-9-35-26-17-37(10-11-41-4)16-25(26)28/h6-9,12,15,20-21,23H,5,10-11,13-14,16-19H2,1-4H3. The van der Waals surface area contributed by atoms with Gasteiger partial charge in [0.1, 0.15) is 29.7 Å². The lowest BCUT2D eigenvalue weighted by molar-refractivity contribution is -0.0349. The van der Waals surface area contributed by atoms with E-state index in [9.17, 15) is 9.18 Å². The first-order chi connectivity index (χ1) is 20.8. The minimum atomic E-state index is -0.494. The molecular formula is C32H39FN6O4. The van der Waals surface area contributed by atoms with Crippen LogP contribution in [0, 0.1) is 11.2 Å². The molecule has 228 valence electrons. The van der Waals surface area contributed by atoms with Crippen molar-refractivity contribution in [3.8, 4) is 17.2 Å². The van der Waals surface area contributed by atoms with Crippen molar-refractivity contribution >= 4 is 11.7 Å². The Hall–Kier alpha value is -3.83. The number of amides is 1. The molecule has 6 rings (SSSR count). The molecule has 0 radical (unpaired) electrons. The molecule has 43 heavy (non-hydrogen) atoms. The summed E-state index contributed by atoms with van der Waals surface area (Å²) in [5.41, 5.74) is 2.62. The van der Waals surface area contributed by atoms with Gasteiger partial charge in [-0.3, -0.25) is 14.7 Å². The fraction of sp³-hybridized carbons (Fsp3) is 0.500. The van der Waals surface area contributed by atoms with Gasteiger partial charge in [-0.1, -0.05) is 0 Å². The van der Waals surface area contributed by atoms with Gasteiger partial charge in [0, 0.05) is 69.6 Å². The lowest BCUT2D eigenvalue weighted by Crippen LogP contribution is -2.65. The zero-order chi connectivity index (χ0) is 30.1. The number of halogens is 1. The Morgan fingerprint density at radius 1 is 1.14 bits per heavy atom.